The van der Waals surface area contributed by atoms with Crippen molar-refractivity contribution >= 4 is 35.5 Å². The van der Waals surface area contributed by atoms with Gasteiger partial charge >= 0.3 is 11.9 Å². The molecule has 0 aliphatic carbocycles. The highest BCUT2D eigenvalue weighted by molar-refractivity contribution is 6.39. The predicted molar refractivity (Wildman–Crippen MR) is 80.8 cm³/mol. The Hall–Kier alpha value is -3.82. The summed E-state index contributed by atoms with van der Waals surface area (Å²) in [7, 11) is 0. The van der Waals surface area contributed by atoms with Gasteiger partial charge in [0, 0.05) is 0 Å². The van der Waals surface area contributed by atoms with Crippen LogP contribution < -0.4 is 10.2 Å². The van der Waals surface area contributed by atoms with Crippen molar-refractivity contribution in [2.24, 2.45) is 0 Å². The molecule has 126 valence electrons. The van der Waals surface area contributed by atoms with E-state index in [0.29, 0.717) is 4.90 Å². The summed E-state index contributed by atoms with van der Waals surface area (Å²) in [5.41, 5.74) is -0.570. The quantitative estimate of drug-likeness (QED) is 0.393. The second-order valence-electron chi connectivity index (χ2n) is 4.87. The molecule has 0 spiro atoms. The molecule has 0 atom stereocenters. The fraction of sp³-hybridized carbons (Fsp3) is 0. The number of carbonyl (C=O) groups excluding carboxylic acids is 3. The van der Waals surface area contributed by atoms with Gasteiger partial charge in [-0.3, -0.25) is 25.0 Å². The minimum absolute atomic E-state index is 0.0775. The molecule has 1 aliphatic rings. The first kappa shape index (κ1) is 16.1. The lowest BCUT2D eigenvalue weighted by Gasteiger charge is -2.26. The number of nitro groups is 1. The minimum Gasteiger partial charge on any atom is -0.401 e. The van der Waals surface area contributed by atoms with Crippen LogP contribution in [0.25, 0.3) is 6.08 Å². The highest BCUT2D eigenvalue weighted by Gasteiger charge is 2.37. The lowest BCUT2D eigenvalue weighted by atomic mass is 10.1. The van der Waals surface area contributed by atoms with Crippen LogP contribution in [0.2, 0.25) is 0 Å². The van der Waals surface area contributed by atoms with Crippen molar-refractivity contribution in [2.75, 3.05) is 4.90 Å². The summed E-state index contributed by atoms with van der Waals surface area (Å²) in [4.78, 5) is 46.7. The van der Waals surface area contributed by atoms with Gasteiger partial charge in [0.2, 0.25) is 0 Å². The van der Waals surface area contributed by atoms with Gasteiger partial charge in [-0.15, -0.1) is 0 Å². The molecule has 3 rings (SSSR count). The number of hydrogen-bond acceptors (Lipinski definition) is 6. The number of nitrogens with zero attached hydrogens (tertiary/aromatic N) is 2. The Morgan fingerprint density at radius 2 is 1.96 bits per heavy atom. The summed E-state index contributed by atoms with van der Waals surface area (Å²) >= 11 is 0. The summed E-state index contributed by atoms with van der Waals surface area (Å²) in [5, 5.41) is 12.5. The monoisotopic (exact) mass is 345 g/mol. The second kappa shape index (κ2) is 6.00. The lowest BCUT2D eigenvalue weighted by molar-refractivity contribution is -0.402. The molecule has 0 saturated carbocycles. The Morgan fingerprint density at radius 1 is 1.20 bits per heavy atom. The zero-order valence-electron chi connectivity index (χ0n) is 12.3. The molecular formula is C15H8FN3O6. The topological polar surface area (TPSA) is 123 Å². The van der Waals surface area contributed by atoms with Crippen molar-refractivity contribution in [1.29, 1.82) is 0 Å². The van der Waals surface area contributed by atoms with E-state index in [1.165, 1.54) is 18.2 Å². The van der Waals surface area contributed by atoms with Crippen LogP contribution in [0.3, 0.4) is 0 Å². The number of imide groups is 2. The van der Waals surface area contributed by atoms with Crippen LogP contribution in [-0.2, 0) is 9.59 Å². The van der Waals surface area contributed by atoms with Gasteiger partial charge in [0.25, 0.3) is 11.8 Å². The first-order chi connectivity index (χ1) is 11.9. The van der Waals surface area contributed by atoms with Crippen LogP contribution >= 0.6 is 0 Å². The number of amides is 4. The van der Waals surface area contributed by atoms with Gasteiger partial charge in [-0.2, -0.15) is 0 Å². The summed E-state index contributed by atoms with van der Waals surface area (Å²) < 4.78 is 18.2. The average molecular weight is 345 g/mol. The first-order valence-corrected chi connectivity index (χ1v) is 6.78. The van der Waals surface area contributed by atoms with Crippen molar-refractivity contribution in [1.82, 2.24) is 5.32 Å². The normalized spacial score (nSPS) is 16.3. The molecule has 0 unspecified atom stereocenters. The minimum atomic E-state index is -1.04. The molecule has 0 radical (unpaired) electrons. The van der Waals surface area contributed by atoms with Crippen LogP contribution in [-0.4, -0.2) is 22.8 Å². The van der Waals surface area contributed by atoms with E-state index in [0.717, 1.165) is 24.3 Å². The number of urea groups is 1. The van der Waals surface area contributed by atoms with E-state index in [1.807, 2.05) is 5.32 Å². The summed E-state index contributed by atoms with van der Waals surface area (Å²) in [6, 6.07) is 5.87. The molecule has 2 aromatic rings. The van der Waals surface area contributed by atoms with Gasteiger partial charge in [-0.05, 0) is 30.3 Å². The maximum Gasteiger partial charge on any atom is 0.433 e. The van der Waals surface area contributed by atoms with Crippen molar-refractivity contribution in [2.45, 2.75) is 0 Å². The number of carbonyl (C=O) groups is 3. The Labute approximate surface area is 138 Å². The standard InChI is InChI=1S/C15H8FN3O6/c16-8-2-1-3-9(6-8)18-14(21)11(13(20)17-15(18)22)7-10-4-5-12(25-10)19(23)24/h1-7H,(H,17,20,22)/b11-7+. The number of rotatable bonds is 3. The molecule has 4 amide bonds. The third-order valence-electron chi connectivity index (χ3n) is 3.25. The van der Waals surface area contributed by atoms with Gasteiger partial charge in [-0.1, -0.05) is 6.07 Å². The van der Waals surface area contributed by atoms with E-state index in [-0.39, 0.29) is 11.4 Å². The number of benzene rings is 1. The number of anilines is 1. The van der Waals surface area contributed by atoms with Gasteiger partial charge in [0.1, 0.15) is 22.1 Å². The second-order valence-corrected chi connectivity index (χ2v) is 4.87. The third-order valence-corrected chi connectivity index (χ3v) is 3.25. The number of furan rings is 1. The summed E-state index contributed by atoms with van der Waals surface area (Å²) in [6.45, 7) is 0. The predicted octanol–water partition coefficient (Wildman–Crippen LogP) is 1.99. The molecule has 1 aromatic heterocycles. The largest absolute Gasteiger partial charge is 0.433 e. The van der Waals surface area contributed by atoms with Crippen LogP contribution in [0.5, 0.6) is 0 Å². The van der Waals surface area contributed by atoms with Gasteiger partial charge in [0.05, 0.1) is 11.8 Å². The molecule has 9 nitrogen and oxygen atoms in total. The van der Waals surface area contributed by atoms with E-state index in [4.69, 9.17) is 4.42 Å². The van der Waals surface area contributed by atoms with E-state index in [1.54, 1.807) is 0 Å². The molecule has 1 fully saturated rings. The number of hydrogen-bond donors (Lipinski definition) is 1. The molecule has 1 aliphatic heterocycles. The maximum atomic E-state index is 13.3. The highest BCUT2D eigenvalue weighted by Crippen LogP contribution is 2.24. The molecule has 25 heavy (non-hydrogen) atoms. The molecule has 0 bridgehead atoms. The lowest BCUT2D eigenvalue weighted by Crippen LogP contribution is -2.54. The van der Waals surface area contributed by atoms with Gasteiger partial charge in [-0.25, -0.2) is 14.1 Å². The number of nitrogens with one attached hydrogen (secondary N) is 1. The van der Waals surface area contributed by atoms with Crippen molar-refractivity contribution < 1.29 is 28.1 Å². The van der Waals surface area contributed by atoms with Crippen molar-refractivity contribution in [3.8, 4) is 0 Å². The van der Waals surface area contributed by atoms with Crippen LogP contribution in [0, 0.1) is 15.9 Å². The molecule has 1 aromatic carbocycles. The Morgan fingerprint density at radius 3 is 2.60 bits per heavy atom. The molecular weight excluding hydrogens is 337 g/mol. The summed E-state index contributed by atoms with van der Waals surface area (Å²) in [5.74, 6) is -3.39. The smallest absolute Gasteiger partial charge is 0.401 e. The molecule has 2 heterocycles. The zero-order chi connectivity index (χ0) is 18.1. The fourth-order valence-corrected chi connectivity index (χ4v) is 2.17. The van der Waals surface area contributed by atoms with Crippen LogP contribution in [0.15, 0.2) is 46.4 Å². The fourth-order valence-electron chi connectivity index (χ4n) is 2.17. The van der Waals surface area contributed by atoms with Gasteiger partial charge < -0.3 is 4.42 Å². The maximum absolute atomic E-state index is 13.3. The number of halogens is 1. The summed E-state index contributed by atoms with van der Waals surface area (Å²) in [6.07, 6.45) is 0.962. The van der Waals surface area contributed by atoms with E-state index >= 15 is 0 Å². The van der Waals surface area contributed by atoms with E-state index < -0.39 is 40.0 Å². The Bertz CT molecular complexity index is 948. The molecule has 1 saturated heterocycles. The van der Waals surface area contributed by atoms with Gasteiger partial charge in [0.15, 0.2) is 0 Å². The van der Waals surface area contributed by atoms with Crippen LogP contribution in [0.1, 0.15) is 5.76 Å². The van der Waals surface area contributed by atoms with E-state index in [2.05, 4.69) is 0 Å². The highest BCUT2D eigenvalue weighted by atomic mass is 19.1. The van der Waals surface area contributed by atoms with Crippen molar-refractivity contribution in [3.05, 3.63) is 63.7 Å². The Balaban J connectivity index is 2.00. The van der Waals surface area contributed by atoms with Crippen LogP contribution in [0.4, 0.5) is 20.8 Å². The molecule has 10 heteroatoms. The zero-order valence-corrected chi connectivity index (χ0v) is 12.3. The average Bonchev–Trinajstić information content (AvgIpc) is 3.00. The molecule has 1 N–H and O–H groups in total. The van der Waals surface area contributed by atoms with E-state index in [9.17, 15) is 28.9 Å². The number of barbiturate groups is 1. The SMILES string of the molecule is O=C1NC(=O)N(c2cccc(F)c2)C(=O)/C1=C/c1ccc([N+](=O)[O-])o1. The third kappa shape index (κ3) is 3.00. The first-order valence-electron chi connectivity index (χ1n) is 6.78. The Kier molecular flexibility index (Phi) is 3.85. The van der Waals surface area contributed by atoms with Crippen molar-refractivity contribution in [3.63, 3.8) is 0 Å².